The van der Waals surface area contributed by atoms with Gasteiger partial charge < -0.3 is 19.4 Å². The van der Waals surface area contributed by atoms with Crippen molar-refractivity contribution in [3.05, 3.63) is 18.2 Å². The van der Waals surface area contributed by atoms with Gasteiger partial charge in [-0.3, -0.25) is 0 Å². The van der Waals surface area contributed by atoms with Crippen LogP contribution in [0.4, 0.5) is 4.79 Å². The van der Waals surface area contributed by atoms with E-state index in [-0.39, 0.29) is 12.1 Å². The van der Waals surface area contributed by atoms with Crippen LogP contribution < -0.4 is 5.32 Å². The molecule has 0 fully saturated rings. The smallest absolute Gasteiger partial charge is 0.408 e. The third kappa shape index (κ3) is 4.85. The Labute approximate surface area is 120 Å². The molecule has 1 amide bonds. The van der Waals surface area contributed by atoms with Gasteiger partial charge in [0.05, 0.1) is 36.9 Å². The number of imidazole rings is 1. The number of amides is 1. The third-order valence-corrected chi connectivity index (χ3v) is 2.76. The number of nitrogens with one attached hydrogen (secondary N) is 1. The first kappa shape index (κ1) is 16.5. The van der Waals surface area contributed by atoms with Crippen molar-refractivity contribution in [3.8, 4) is 0 Å². The number of ether oxygens (including phenoxy) is 2. The summed E-state index contributed by atoms with van der Waals surface area (Å²) in [4.78, 5) is 15.9. The summed E-state index contributed by atoms with van der Waals surface area (Å²) >= 11 is 0. The normalized spacial score (nSPS) is 14.7. The van der Waals surface area contributed by atoms with Crippen molar-refractivity contribution in [2.24, 2.45) is 0 Å². The molecular weight excluding hydrogens is 258 g/mol. The topological polar surface area (TPSA) is 65.4 Å². The van der Waals surface area contributed by atoms with Crippen molar-refractivity contribution >= 4 is 6.09 Å². The standard InChI is InChI=1S/C14H25N3O3/c1-10(8-19-6)17-9-15-7-12(17)11(2)16-13(18)20-14(3,4)5/h7,9-11H,8H2,1-6H3,(H,16,18)/t10?,11-/m0/s1. The van der Waals surface area contributed by atoms with E-state index in [9.17, 15) is 4.79 Å². The second kappa shape index (κ2) is 6.74. The fraction of sp³-hybridized carbons (Fsp3) is 0.714. The molecule has 0 radical (unpaired) electrons. The Morgan fingerprint density at radius 1 is 1.45 bits per heavy atom. The molecule has 0 saturated carbocycles. The molecule has 0 spiro atoms. The Bertz CT molecular complexity index is 437. The van der Waals surface area contributed by atoms with Crippen molar-refractivity contribution in [1.82, 2.24) is 14.9 Å². The van der Waals surface area contributed by atoms with Crippen LogP contribution in [0.5, 0.6) is 0 Å². The van der Waals surface area contributed by atoms with Crippen molar-refractivity contribution in [2.75, 3.05) is 13.7 Å². The van der Waals surface area contributed by atoms with Crippen LogP contribution in [0.15, 0.2) is 12.5 Å². The number of carbonyl (C=O) groups excluding carboxylic acids is 1. The summed E-state index contributed by atoms with van der Waals surface area (Å²) in [5.41, 5.74) is 0.410. The minimum Gasteiger partial charge on any atom is -0.444 e. The Morgan fingerprint density at radius 2 is 2.10 bits per heavy atom. The molecular formula is C14H25N3O3. The van der Waals surface area contributed by atoms with E-state index in [1.54, 1.807) is 19.6 Å². The van der Waals surface area contributed by atoms with Crippen molar-refractivity contribution in [1.29, 1.82) is 0 Å². The van der Waals surface area contributed by atoms with E-state index in [0.717, 1.165) is 5.69 Å². The van der Waals surface area contributed by atoms with Gasteiger partial charge in [0.15, 0.2) is 0 Å². The van der Waals surface area contributed by atoms with E-state index < -0.39 is 11.7 Å². The molecule has 1 aromatic heterocycles. The number of hydrogen-bond donors (Lipinski definition) is 1. The number of alkyl carbamates (subject to hydrolysis) is 1. The minimum absolute atomic E-state index is 0.153. The fourth-order valence-corrected chi connectivity index (χ4v) is 1.90. The summed E-state index contributed by atoms with van der Waals surface area (Å²) in [6, 6.07) is -0.0351. The Morgan fingerprint density at radius 3 is 2.65 bits per heavy atom. The van der Waals surface area contributed by atoms with Crippen LogP contribution in [-0.2, 0) is 9.47 Å². The predicted octanol–water partition coefficient (Wildman–Crippen LogP) is 2.68. The van der Waals surface area contributed by atoms with Gasteiger partial charge in [-0.1, -0.05) is 0 Å². The van der Waals surface area contributed by atoms with Gasteiger partial charge in [0.1, 0.15) is 5.60 Å². The van der Waals surface area contributed by atoms with Crippen molar-refractivity contribution < 1.29 is 14.3 Å². The van der Waals surface area contributed by atoms with Crippen LogP contribution in [-0.4, -0.2) is 35.0 Å². The second-order valence-corrected chi connectivity index (χ2v) is 5.90. The van der Waals surface area contributed by atoms with E-state index in [2.05, 4.69) is 10.3 Å². The predicted molar refractivity (Wildman–Crippen MR) is 76.6 cm³/mol. The molecule has 1 unspecified atom stereocenters. The Kier molecular flexibility index (Phi) is 5.56. The molecule has 0 aliphatic carbocycles. The Hall–Kier alpha value is -1.56. The molecule has 1 N–H and O–H groups in total. The fourth-order valence-electron chi connectivity index (χ4n) is 1.90. The molecule has 114 valence electrons. The first-order chi connectivity index (χ1) is 9.24. The van der Waals surface area contributed by atoms with Crippen molar-refractivity contribution in [3.63, 3.8) is 0 Å². The number of aromatic nitrogens is 2. The number of carbonyl (C=O) groups is 1. The molecule has 1 rings (SSSR count). The minimum atomic E-state index is -0.507. The Balaban J connectivity index is 2.71. The second-order valence-electron chi connectivity index (χ2n) is 5.90. The number of methoxy groups -OCH3 is 1. The summed E-state index contributed by atoms with van der Waals surface area (Å²) in [6.07, 6.45) is 3.05. The molecule has 6 nitrogen and oxygen atoms in total. The molecule has 1 heterocycles. The van der Waals surface area contributed by atoms with E-state index in [0.29, 0.717) is 6.61 Å². The third-order valence-electron chi connectivity index (χ3n) is 2.76. The van der Waals surface area contributed by atoms with Gasteiger partial charge in [0.25, 0.3) is 0 Å². The molecule has 0 aromatic carbocycles. The summed E-state index contributed by atoms with van der Waals surface area (Å²) in [5, 5.41) is 2.81. The first-order valence-electron chi connectivity index (χ1n) is 6.74. The zero-order valence-electron chi connectivity index (χ0n) is 13.1. The van der Waals surface area contributed by atoms with Crippen LogP contribution in [0.3, 0.4) is 0 Å². The SMILES string of the molecule is COCC(C)n1cncc1[C@H](C)NC(=O)OC(C)(C)C. The molecule has 20 heavy (non-hydrogen) atoms. The van der Waals surface area contributed by atoms with Gasteiger partial charge in [-0.25, -0.2) is 9.78 Å². The average Bonchev–Trinajstić information content (AvgIpc) is 2.75. The summed E-state index contributed by atoms with van der Waals surface area (Å²) in [6.45, 7) is 10.0. The van der Waals surface area contributed by atoms with Crippen molar-refractivity contribution in [2.45, 2.75) is 52.3 Å². The highest BCUT2D eigenvalue weighted by Gasteiger charge is 2.21. The van der Waals surface area contributed by atoms with Gasteiger partial charge in [-0.15, -0.1) is 0 Å². The maximum atomic E-state index is 11.8. The zero-order valence-corrected chi connectivity index (χ0v) is 13.1. The molecule has 1 aromatic rings. The van der Waals surface area contributed by atoms with Crippen LogP contribution >= 0.6 is 0 Å². The highest BCUT2D eigenvalue weighted by Crippen LogP contribution is 2.18. The van der Waals surface area contributed by atoms with Crippen LogP contribution in [0.1, 0.15) is 52.4 Å². The molecule has 0 aliphatic rings. The number of nitrogens with zero attached hydrogens (tertiary/aromatic N) is 2. The maximum Gasteiger partial charge on any atom is 0.408 e. The quantitative estimate of drug-likeness (QED) is 0.902. The summed E-state index contributed by atoms with van der Waals surface area (Å²) in [7, 11) is 1.66. The molecule has 2 atom stereocenters. The van der Waals surface area contributed by atoms with Gasteiger partial charge in [0, 0.05) is 7.11 Å². The maximum absolute atomic E-state index is 11.8. The number of hydrogen-bond acceptors (Lipinski definition) is 4. The lowest BCUT2D eigenvalue weighted by Gasteiger charge is -2.23. The van der Waals surface area contributed by atoms with Gasteiger partial charge >= 0.3 is 6.09 Å². The molecule has 6 heteroatoms. The van der Waals surface area contributed by atoms with E-state index in [4.69, 9.17) is 9.47 Å². The lowest BCUT2D eigenvalue weighted by molar-refractivity contribution is 0.0505. The van der Waals surface area contributed by atoms with Crippen LogP contribution in [0, 0.1) is 0 Å². The van der Waals surface area contributed by atoms with Gasteiger partial charge in [0.2, 0.25) is 0 Å². The van der Waals surface area contributed by atoms with E-state index in [1.165, 1.54) is 0 Å². The lowest BCUT2D eigenvalue weighted by Crippen LogP contribution is -2.34. The molecule has 0 aliphatic heterocycles. The lowest BCUT2D eigenvalue weighted by atomic mass is 10.2. The van der Waals surface area contributed by atoms with Gasteiger partial charge in [-0.2, -0.15) is 0 Å². The highest BCUT2D eigenvalue weighted by molar-refractivity contribution is 5.68. The highest BCUT2D eigenvalue weighted by atomic mass is 16.6. The largest absolute Gasteiger partial charge is 0.444 e. The summed E-state index contributed by atoms with van der Waals surface area (Å²) in [5.74, 6) is 0. The first-order valence-corrected chi connectivity index (χ1v) is 6.74. The number of rotatable bonds is 5. The van der Waals surface area contributed by atoms with E-state index in [1.807, 2.05) is 39.2 Å². The zero-order chi connectivity index (χ0) is 15.3. The van der Waals surface area contributed by atoms with Crippen LogP contribution in [0.2, 0.25) is 0 Å². The monoisotopic (exact) mass is 283 g/mol. The molecule has 0 saturated heterocycles. The van der Waals surface area contributed by atoms with E-state index >= 15 is 0 Å². The average molecular weight is 283 g/mol. The molecule has 0 bridgehead atoms. The summed E-state index contributed by atoms with van der Waals surface area (Å²) < 4.78 is 12.4. The van der Waals surface area contributed by atoms with Gasteiger partial charge in [-0.05, 0) is 34.6 Å². The van der Waals surface area contributed by atoms with Crippen LogP contribution in [0.25, 0.3) is 0 Å².